The number of ether oxygens (including phenoxy) is 1. The highest BCUT2D eigenvalue weighted by atomic mass is 16.5. The van der Waals surface area contributed by atoms with Gasteiger partial charge < -0.3 is 9.64 Å². The van der Waals surface area contributed by atoms with Crippen molar-refractivity contribution in [2.24, 2.45) is 0 Å². The summed E-state index contributed by atoms with van der Waals surface area (Å²) >= 11 is 0. The Kier molecular flexibility index (Phi) is 4.00. The van der Waals surface area contributed by atoms with E-state index in [1.807, 2.05) is 18.0 Å². The lowest BCUT2D eigenvalue weighted by Gasteiger charge is -2.19. The molecule has 1 aliphatic rings. The number of esters is 1. The number of nitriles is 1. The Morgan fingerprint density at radius 2 is 2.37 bits per heavy atom. The maximum Gasteiger partial charge on any atom is 0.307 e. The molecule has 1 aromatic heterocycles. The minimum Gasteiger partial charge on any atom is -0.469 e. The zero-order valence-corrected chi connectivity index (χ0v) is 11.3. The summed E-state index contributed by atoms with van der Waals surface area (Å²) in [7, 11) is 3.21. The first-order chi connectivity index (χ1) is 9.15. The van der Waals surface area contributed by atoms with Crippen molar-refractivity contribution >= 4 is 11.8 Å². The van der Waals surface area contributed by atoms with Crippen LogP contribution in [0.5, 0.6) is 0 Å². The molecule has 1 heterocycles. The van der Waals surface area contributed by atoms with Gasteiger partial charge in [0.1, 0.15) is 11.9 Å². The van der Waals surface area contributed by atoms with Gasteiger partial charge in [0.15, 0.2) is 0 Å². The number of pyridine rings is 1. The Balaban J connectivity index is 2.19. The Labute approximate surface area is 112 Å². The zero-order chi connectivity index (χ0) is 13.8. The van der Waals surface area contributed by atoms with Crippen LogP contribution < -0.4 is 4.90 Å². The Hall–Kier alpha value is -2.09. The Morgan fingerprint density at radius 3 is 3.05 bits per heavy atom. The molecule has 2 rings (SSSR count). The fourth-order valence-electron chi connectivity index (χ4n) is 2.30. The van der Waals surface area contributed by atoms with Crippen molar-refractivity contribution in [1.82, 2.24) is 4.98 Å². The summed E-state index contributed by atoms with van der Waals surface area (Å²) < 4.78 is 4.62. The van der Waals surface area contributed by atoms with Crippen molar-refractivity contribution in [3.8, 4) is 6.07 Å². The molecule has 0 N–H and O–H groups in total. The third kappa shape index (κ3) is 2.84. The number of carbonyl (C=O) groups is 1. The van der Waals surface area contributed by atoms with E-state index in [2.05, 4.69) is 15.8 Å². The highest BCUT2D eigenvalue weighted by Crippen LogP contribution is 2.26. The van der Waals surface area contributed by atoms with Crippen molar-refractivity contribution in [1.29, 1.82) is 5.26 Å². The largest absolute Gasteiger partial charge is 0.469 e. The predicted octanol–water partition coefficient (Wildman–Crippen LogP) is 1.44. The fraction of sp³-hybridized carbons (Fsp3) is 0.500. The second-order valence-corrected chi connectivity index (χ2v) is 4.68. The van der Waals surface area contributed by atoms with Crippen LogP contribution in [0.3, 0.4) is 0 Å². The molecule has 0 aromatic carbocycles. The summed E-state index contributed by atoms with van der Waals surface area (Å²) in [6.45, 7) is 0.493. The molecule has 0 fully saturated rings. The second-order valence-electron chi connectivity index (χ2n) is 4.68. The van der Waals surface area contributed by atoms with E-state index >= 15 is 0 Å². The number of aryl methyl sites for hydroxylation is 2. The number of hydrogen-bond donors (Lipinski definition) is 0. The van der Waals surface area contributed by atoms with Gasteiger partial charge in [0.2, 0.25) is 0 Å². The molecule has 0 spiro atoms. The molecule has 0 saturated heterocycles. The summed E-state index contributed by atoms with van der Waals surface area (Å²) in [6.07, 6.45) is 3.36. The van der Waals surface area contributed by atoms with E-state index in [4.69, 9.17) is 0 Å². The number of methoxy groups -OCH3 is 1. The second kappa shape index (κ2) is 5.70. The molecule has 0 unspecified atom stereocenters. The Morgan fingerprint density at radius 1 is 1.58 bits per heavy atom. The summed E-state index contributed by atoms with van der Waals surface area (Å²) in [5, 5.41) is 9.21. The molecule has 0 aliphatic heterocycles. The molecule has 1 aromatic rings. The first-order valence-corrected chi connectivity index (χ1v) is 6.36. The minimum atomic E-state index is -0.258. The molecule has 0 saturated carbocycles. The molecule has 5 heteroatoms. The molecule has 1 aliphatic carbocycles. The highest BCUT2D eigenvalue weighted by molar-refractivity contribution is 5.70. The molecule has 19 heavy (non-hydrogen) atoms. The van der Waals surface area contributed by atoms with Gasteiger partial charge in [-0.25, -0.2) is 4.98 Å². The van der Waals surface area contributed by atoms with Gasteiger partial charge >= 0.3 is 5.97 Å². The van der Waals surface area contributed by atoms with Crippen LogP contribution in [0.4, 0.5) is 5.82 Å². The van der Waals surface area contributed by atoms with Gasteiger partial charge in [-0.15, -0.1) is 0 Å². The van der Waals surface area contributed by atoms with E-state index in [9.17, 15) is 10.1 Å². The summed E-state index contributed by atoms with van der Waals surface area (Å²) in [5.74, 6) is 0.401. The van der Waals surface area contributed by atoms with Crippen molar-refractivity contribution in [2.45, 2.75) is 25.7 Å². The normalized spacial score (nSPS) is 12.7. The van der Waals surface area contributed by atoms with Gasteiger partial charge in [0.05, 0.1) is 19.1 Å². The van der Waals surface area contributed by atoms with Crippen molar-refractivity contribution in [2.75, 3.05) is 25.6 Å². The Bertz CT molecular complexity index is 534. The van der Waals surface area contributed by atoms with Crippen molar-refractivity contribution < 1.29 is 9.53 Å². The summed E-state index contributed by atoms with van der Waals surface area (Å²) in [6, 6.07) is 4.12. The van der Waals surface area contributed by atoms with E-state index < -0.39 is 0 Å². The SMILES string of the molecule is COC(=O)CCN(C)c1nc2c(cc1C#N)CCC2. The van der Waals surface area contributed by atoms with Crippen LogP contribution in [0.25, 0.3) is 0 Å². The van der Waals surface area contributed by atoms with Crippen LogP contribution in [-0.4, -0.2) is 31.7 Å². The molecule has 0 atom stereocenters. The van der Waals surface area contributed by atoms with Gasteiger partial charge in [0, 0.05) is 19.3 Å². The zero-order valence-electron chi connectivity index (χ0n) is 11.3. The number of carbonyl (C=O) groups excluding carboxylic acids is 1. The number of rotatable bonds is 4. The number of aromatic nitrogens is 1. The van der Waals surface area contributed by atoms with Crippen LogP contribution in [-0.2, 0) is 22.4 Å². The molecule has 0 radical (unpaired) electrons. The molecule has 0 bridgehead atoms. The van der Waals surface area contributed by atoms with Crippen LogP contribution in [0.1, 0.15) is 29.7 Å². The number of nitrogens with zero attached hydrogens (tertiary/aromatic N) is 3. The maximum atomic E-state index is 11.2. The standard InChI is InChI=1S/C14H17N3O2/c1-17(7-6-13(18)19-2)14-11(9-15)8-10-4-3-5-12(10)16-14/h8H,3-7H2,1-2H3. The number of hydrogen-bond acceptors (Lipinski definition) is 5. The van der Waals surface area contributed by atoms with Gasteiger partial charge in [0.25, 0.3) is 0 Å². The minimum absolute atomic E-state index is 0.258. The molecule has 0 amide bonds. The van der Waals surface area contributed by atoms with Crippen LogP contribution in [0.15, 0.2) is 6.07 Å². The van der Waals surface area contributed by atoms with E-state index in [0.717, 1.165) is 25.0 Å². The lowest BCUT2D eigenvalue weighted by molar-refractivity contribution is -0.140. The van der Waals surface area contributed by atoms with Gasteiger partial charge in [-0.2, -0.15) is 5.26 Å². The van der Waals surface area contributed by atoms with Crippen LogP contribution in [0.2, 0.25) is 0 Å². The third-order valence-electron chi connectivity index (χ3n) is 3.39. The van der Waals surface area contributed by atoms with Crippen molar-refractivity contribution in [3.63, 3.8) is 0 Å². The fourth-order valence-corrected chi connectivity index (χ4v) is 2.30. The van der Waals surface area contributed by atoms with Gasteiger partial charge in [-0.05, 0) is 30.9 Å². The van der Waals surface area contributed by atoms with E-state index in [1.54, 1.807) is 0 Å². The molecule has 5 nitrogen and oxygen atoms in total. The van der Waals surface area contributed by atoms with E-state index in [0.29, 0.717) is 17.9 Å². The lowest BCUT2D eigenvalue weighted by Crippen LogP contribution is -2.24. The number of fused-ring (bicyclic) bond motifs is 1. The van der Waals surface area contributed by atoms with Gasteiger partial charge in [-0.1, -0.05) is 0 Å². The quantitative estimate of drug-likeness (QED) is 0.765. The average Bonchev–Trinajstić information content (AvgIpc) is 2.89. The topological polar surface area (TPSA) is 66.2 Å². The lowest BCUT2D eigenvalue weighted by atomic mass is 10.1. The van der Waals surface area contributed by atoms with E-state index in [1.165, 1.54) is 12.7 Å². The van der Waals surface area contributed by atoms with Crippen molar-refractivity contribution in [3.05, 3.63) is 22.9 Å². The van der Waals surface area contributed by atoms with Crippen LogP contribution in [0, 0.1) is 11.3 Å². The third-order valence-corrected chi connectivity index (χ3v) is 3.39. The van der Waals surface area contributed by atoms with Gasteiger partial charge in [-0.3, -0.25) is 4.79 Å². The first-order valence-electron chi connectivity index (χ1n) is 6.36. The van der Waals surface area contributed by atoms with Crippen LogP contribution >= 0.6 is 0 Å². The summed E-state index contributed by atoms with van der Waals surface area (Å²) in [5.41, 5.74) is 2.84. The predicted molar refractivity (Wildman–Crippen MR) is 70.9 cm³/mol. The molecular weight excluding hydrogens is 242 g/mol. The first kappa shape index (κ1) is 13.3. The molecular formula is C14H17N3O2. The van der Waals surface area contributed by atoms with E-state index in [-0.39, 0.29) is 12.4 Å². The average molecular weight is 259 g/mol. The number of anilines is 1. The maximum absolute atomic E-state index is 11.2. The summed E-state index contributed by atoms with van der Waals surface area (Å²) in [4.78, 5) is 17.6. The molecule has 100 valence electrons. The monoisotopic (exact) mass is 259 g/mol. The smallest absolute Gasteiger partial charge is 0.307 e. The highest BCUT2D eigenvalue weighted by Gasteiger charge is 2.18.